The molecule has 2 rings (SSSR count). The number of nitrogens with one attached hydrogen (secondary N) is 1. The minimum atomic E-state index is -0.603. The number of pyridine rings is 1. The van der Waals surface area contributed by atoms with Gasteiger partial charge in [0.1, 0.15) is 5.69 Å². The quantitative estimate of drug-likeness (QED) is 0.799. The van der Waals surface area contributed by atoms with Crippen LogP contribution in [0.5, 0.6) is 0 Å². The second-order valence-corrected chi connectivity index (χ2v) is 6.42. The average molecular weight is 357 g/mol. The van der Waals surface area contributed by atoms with Gasteiger partial charge in [0.2, 0.25) is 0 Å². The van der Waals surface area contributed by atoms with Crippen molar-refractivity contribution in [3.63, 3.8) is 0 Å². The van der Waals surface area contributed by atoms with Crippen LogP contribution < -0.4 is 11.1 Å². The summed E-state index contributed by atoms with van der Waals surface area (Å²) in [5.74, 6) is -0.241. The first kappa shape index (κ1) is 15.3. The maximum absolute atomic E-state index is 12.3. The summed E-state index contributed by atoms with van der Waals surface area (Å²) in [4.78, 5) is 18.9. The predicted octanol–water partition coefficient (Wildman–Crippen LogP) is 1.32. The number of nitrogens with zero attached hydrogens (tertiary/aromatic N) is 2. The van der Waals surface area contributed by atoms with Crippen LogP contribution >= 0.6 is 28.1 Å². The zero-order valence-electron chi connectivity index (χ0n) is 11.2. The van der Waals surface area contributed by atoms with Crippen LogP contribution in [0, 0.1) is 0 Å². The highest BCUT2D eigenvalue weighted by Gasteiger charge is 2.38. The largest absolute Gasteiger partial charge is 0.391 e. The topological polar surface area (TPSA) is 71.2 Å². The van der Waals surface area contributed by atoms with Gasteiger partial charge in [0, 0.05) is 23.8 Å². The molecule has 5 nitrogen and oxygen atoms in total. The lowest BCUT2D eigenvalue weighted by Gasteiger charge is -2.40. The van der Waals surface area contributed by atoms with Crippen LogP contribution in [0.25, 0.3) is 0 Å². The maximum atomic E-state index is 12.3. The van der Waals surface area contributed by atoms with Crippen LogP contribution in [0.3, 0.4) is 0 Å². The minimum Gasteiger partial charge on any atom is -0.391 e. The Hall–Kier alpha value is -1.05. The molecule has 0 aromatic carbocycles. The van der Waals surface area contributed by atoms with Crippen molar-refractivity contribution >= 4 is 39.0 Å². The molecule has 1 aromatic rings. The Morgan fingerprint density at radius 3 is 2.65 bits per heavy atom. The molecule has 108 valence electrons. The van der Waals surface area contributed by atoms with E-state index in [-0.39, 0.29) is 5.91 Å². The summed E-state index contributed by atoms with van der Waals surface area (Å²) in [5.41, 5.74) is 5.63. The Bertz CT molecular complexity index is 512. The number of carbonyl (C=O) groups is 1. The number of carbonyl (C=O) groups excluding carboxylic acids is 1. The molecule has 7 heteroatoms. The van der Waals surface area contributed by atoms with Gasteiger partial charge in [-0.25, -0.2) is 4.98 Å². The molecule has 1 aromatic heterocycles. The first-order valence-corrected chi connectivity index (χ1v) is 7.56. The molecule has 0 spiro atoms. The van der Waals surface area contributed by atoms with Crippen LogP contribution in [-0.4, -0.2) is 46.5 Å². The van der Waals surface area contributed by atoms with E-state index in [1.54, 1.807) is 18.3 Å². The highest BCUT2D eigenvalue weighted by molar-refractivity contribution is 9.10. The maximum Gasteiger partial charge on any atom is 0.270 e. The van der Waals surface area contributed by atoms with E-state index in [1.165, 1.54) is 0 Å². The van der Waals surface area contributed by atoms with E-state index >= 15 is 0 Å². The Kier molecular flexibility index (Phi) is 4.72. The Balaban J connectivity index is 2.14. The van der Waals surface area contributed by atoms with E-state index in [1.807, 2.05) is 7.05 Å². The fourth-order valence-corrected chi connectivity index (χ4v) is 2.71. The predicted molar refractivity (Wildman–Crippen MR) is 85.7 cm³/mol. The van der Waals surface area contributed by atoms with Crippen molar-refractivity contribution in [2.24, 2.45) is 5.73 Å². The number of piperidine rings is 1. The van der Waals surface area contributed by atoms with Crippen LogP contribution in [0.1, 0.15) is 23.3 Å². The van der Waals surface area contributed by atoms with Gasteiger partial charge >= 0.3 is 0 Å². The fraction of sp³-hybridized carbons (Fsp3) is 0.462. The molecule has 1 aliphatic rings. The molecule has 0 saturated carbocycles. The summed E-state index contributed by atoms with van der Waals surface area (Å²) in [7, 11) is 2.04. The third kappa shape index (κ3) is 3.34. The van der Waals surface area contributed by atoms with E-state index in [9.17, 15) is 4.79 Å². The first-order valence-electron chi connectivity index (χ1n) is 6.35. The number of halogens is 1. The lowest BCUT2D eigenvalue weighted by molar-refractivity contribution is 0.0885. The molecule has 0 bridgehead atoms. The fourth-order valence-electron chi connectivity index (χ4n) is 2.22. The zero-order valence-corrected chi connectivity index (χ0v) is 13.6. The highest BCUT2D eigenvalue weighted by atomic mass is 79.9. The molecule has 0 atom stereocenters. The third-order valence-electron chi connectivity index (χ3n) is 3.63. The number of aromatic nitrogens is 1. The van der Waals surface area contributed by atoms with Crippen LogP contribution in [0.2, 0.25) is 0 Å². The molecule has 0 unspecified atom stereocenters. The van der Waals surface area contributed by atoms with Crippen LogP contribution in [0.4, 0.5) is 0 Å². The van der Waals surface area contributed by atoms with Gasteiger partial charge in [-0.3, -0.25) is 4.79 Å². The van der Waals surface area contributed by atoms with Gasteiger partial charge in [0.25, 0.3) is 5.91 Å². The number of thiocarbonyl (C=S) groups is 1. The number of amides is 1. The lowest BCUT2D eigenvalue weighted by Crippen LogP contribution is -2.61. The van der Waals surface area contributed by atoms with E-state index in [4.69, 9.17) is 18.0 Å². The molecule has 3 N–H and O–H groups in total. The first-order chi connectivity index (χ1) is 9.43. The van der Waals surface area contributed by atoms with E-state index in [2.05, 4.69) is 31.1 Å². The Labute approximate surface area is 132 Å². The van der Waals surface area contributed by atoms with E-state index in [0.717, 1.165) is 30.4 Å². The summed E-state index contributed by atoms with van der Waals surface area (Å²) in [6, 6.07) is 3.45. The summed E-state index contributed by atoms with van der Waals surface area (Å²) >= 11 is 8.47. The van der Waals surface area contributed by atoms with Crippen molar-refractivity contribution in [1.82, 2.24) is 15.2 Å². The van der Waals surface area contributed by atoms with Gasteiger partial charge in [-0.2, -0.15) is 0 Å². The SMILES string of the molecule is CN1CCC(NC(=O)c2ccc(Br)cn2)(C(N)=S)CC1. The molecule has 0 radical (unpaired) electrons. The van der Waals surface area contributed by atoms with Crippen LogP contribution in [-0.2, 0) is 0 Å². The average Bonchev–Trinajstić information content (AvgIpc) is 2.42. The van der Waals surface area contributed by atoms with Crippen molar-refractivity contribution in [1.29, 1.82) is 0 Å². The van der Waals surface area contributed by atoms with Crippen molar-refractivity contribution < 1.29 is 4.79 Å². The van der Waals surface area contributed by atoms with Gasteiger partial charge < -0.3 is 16.0 Å². The molecular formula is C13H17BrN4OS. The van der Waals surface area contributed by atoms with Crippen LogP contribution in [0.15, 0.2) is 22.8 Å². The van der Waals surface area contributed by atoms with Gasteiger partial charge in [-0.15, -0.1) is 0 Å². The molecular weight excluding hydrogens is 340 g/mol. The molecule has 1 aliphatic heterocycles. The van der Waals surface area contributed by atoms with E-state index in [0.29, 0.717) is 10.7 Å². The minimum absolute atomic E-state index is 0.241. The molecule has 1 fully saturated rings. The number of hydrogen-bond acceptors (Lipinski definition) is 4. The molecule has 1 amide bonds. The summed E-state index contributed by atoms with van der Waals surface area (Å²) in [6.45, 7) is 1.71. The van der Waals surface area contributed by atoms with Gasteiger partial charge in [-0.1, -0.05) is 12.2 Å². The van der Waals surface area contributed by atoms with Crippen molar-refractivity contribution in [2.45, 2.75) is 18.4 Å². The molecule has 2 heterocycles. The number of likely N-dealkylation sites (tertiary alicyclic amines) is 1. The monoisotopic (exact) mass is 356 g/mol. The van der Waals surface area contributed by atoms with Gasteiger partial charge in [-0.05, 0) is 48.0 Å². The number of nitrogens with two attached hydrogens (primary N) is 1. The van der Waals surface area contributed by atoms with Gasteiger partial charge in [0.05, 0.1) is 10.5 Å². The zero-order chi connectivity index (χ0) is 14.8. The van der Waals surface area contributed by atoms with Crippen molar-refractivity contribution in [2.75, 3.05) is 20.1 Å². The normalized spacial score (nSPS) is 18.5. The molecule has 1 saturated heterocycles. The molecule has 20 heavy (non-hydrogen) atoms. The number of rotatable bonds is 3. The summed E-state index contributed by atoms with van der Waals surface area (Å²) in [6.07, 6.45) is 3.04. The summed E-state index contributed by atoms with van der Waals surface area (Å²) < 4.78 is 0.831. The Morgan fingerprint density at radius 2 is 2.15 bits per heavy atom. The summed E-state index contributed by atoms with van der Waals surface area (Å²) in [5, 5.41) is 2.98. The second kappa shape index (κ2) is 6.15. The van der Waals surface area contributed by atoms with E-state index < -0.39 is 5.54 Å². The van der Waals surface area contributed by atoms with Gasteiger partial charge in [0.15, 0.2) is 0 Å². The number of hydrogen-bond donors (Lipinski definition) is 2. The standard InChI is InChI=1S/C13H17BrN4OS/c1-18-6-4-13(5-7-18,12(15)20)17-11(19)10-3-2-9(14)8-16-10/h2-3,8H,4-7H2,1H3,(H2,15,20)(H,17,19). The lowest BCUT2D eigenvalue weighted by atomic mass is 9.87. The third-order valence-corrected chi connectivity index (χ3v) is 4.48. The molecule has 0 aliphatic carbocycles. The second-order valence-electron chi connectivity index (χ2n) is 5.07. The smallest absolute Gasteiger partial charge is 0.270 e. The van der Waals surface area contributed by atoms with Crippen molar-refractivity contribution in [3.05, 3.63) is 28.5 Å². The van der Waals surface area contributed by atoms with Crippen molar-refractivity contribution in [3.8, 4) is 0 Å². The highest BCUT2D eigenvalue weighted by Crippen LogP contribution is 2.22. The Morgan fingerprint density at radius 1 is 1.50 bits per heavy atom.